The van der Waals surface area contributed by atoms with Crippen molar-refractivity contribution in [2.75, 3.05) is 0 Å². The summed E-state index contributed by atoms with van der Waals surface area (Å²) in [5.41, 5.74) is -1.18. The molecule has 4 saturated carbocycles. The van der Waals surface area contributed by atoms with E-state index in [1.807, 2.05) is 0 Å². The number of amides is 1. The molecule has 4 bridgehead atoms. The Hall–Kier alpha value is -1.07. The number of nitrogens with one attached hydrogen (secondary N) is 1. The van der Waals surface area contributed by atoms with Crippen molar-refractivity contribution < 1.29 is 43.9 Å². The molecule has 4 aliphatic carbocycles. The van der Waals surface area contributed by atoms with Gasteiger partial charge in [-0.15, -0.1) is 0 Å². The first-order chi connectivity index (χ1) is 12.1. The Bertz CT molecular complexity index is 697. The SMILES string of the molecule is O=C(NS(=O)(=O)C(F)(F)CC(F)(F)C(F)(F)F)C12CC3CC(CC(C3)C1)C2. The Labute approximate surface area is 150 Å². The molecule has 0 aromatic rings. The first kappa shape index (κ1) is 20.7. The molecule has 27 heavy (non-hydrogen) atoms. The van der Waals surface area contributed by atoms with Crippen molar-refractivity contribution in [3.8, 4) is 0 Å². The van der Waals surface area contributed by atoms with E-state index in [0.717, 1.165) is 24.0 Å². The maximum absolute atomic E-state index is 13.8. The van der Waals surface area contributed by atoms with E-state index in [2.05, 4.69) is 0 Å². The zero-order valence-electron chi connectivity index (χ0n) is 14.0. The van der Waals surface area contributed by atoms with Crippen LogP contribution in [-0.2, 0) is 14.8 Å². The van der Waals surface area contributed by atoms with Crippen molar-refractivity contribution in [3.05, 3.63) is 0 Å². The number of rotatable bonds is 5. The predicted octanol–water partition coefficient (Wildman–Crippen LogP) is 3.83. The molecular weight excluding hydrogens is 407 g/mol. The fraction of sp³-hybridized carbons (Fsp3) is 0.933. The van der Waals surface area contributed by atoms with Crippen LogP contribution in [0.25, 0.3) is 0 Å². The van der Waals surface area contributed by atoms with Gasteiger partial charge in [0.2, 0.25) is 5.91 Å². The van der Waals surface area contributed by atoms with Gasteiger partial charge >= 0.3 is 27.4 Å². The molecule has 0 aromatic carbocycles. The van der Waals surface area contributed by atoms with Crippen molar-refractivity contribution in [3.63, 3.8) is 0 Å². The van der Waals surface area contributed by atoms with E-state index >= 15 is 0 Å². The summed E-state index contributed by atoms with van der Waals surface area (Å²) >= 11 is 0. The topological polar surface area (TPSA) is 63.2 Å². The van der Waals surface area contributed by atoms with Crippen LogP contribution >= 0.6 is 0 Å². The quantitative estimate of drug-likeness (QED) is 0.681. The summed E-state index contributed by atoms with van der Waals surface area (Å²) in [5, 5.41) is -5.47. The van der Waals surface area contributed by atoms with E-state index in [0.29, 0.717) is 19.3 Å². The molecule has 1 N–H and O–H groups in total. The van der Waals surface area contributed by atoms with Crippen LogP contribution < -0.4 is 4.72 Å². The van der Waals surface area contributed by atoms with E-state index in [1.165, 1.54) is 0 Å². The second-order valence-electron chi connectivity index (χ2n) is 8.15. The highest BCUT2D eigenvalue weighted by molar-refractivity contribution is 7.91. The second kappa shape index (κ2) is 5.96. The van der Waals surface area contributed by atoms with Gasteiger partial charge < -0.3 is 0 Å². The zero-order valence-corrected chi connectivity index (χ0v) is 14.8. The van der Waals surface area contributed by atoms with Crippen LogP contribution in [0.5, 0.6) is 0 Å². The number of carbonyl (C=O) groups is 1. The molecule has 0 atom stereocenters. The van der Waals surface area contributed by atoms with Gasteiger partial charge in [0.15, 0.2) is 0 Å². The Morgan fingerprint density at radius 1 is 0.889 bits per heavy atom. The maximum atomic E-state index is 13.8. The molecule has 4 fully saturated rings. The fourth-order valence-electron chi connectivity index (χ4n) is 5.15. The lowest BCUT2D eigenvalue weighted by Gasteiger charge is -2.55. The van der Waals surface area contributed by atoms with Crippen LogP contribution in [0.3, 0.4) is 0 Å². The van der Waals surface area contributed by atoms with Gasteiger partial charge in [0, 0.05) is 0 Å². The number of hydrogen-bond donors (Lipinski definition) is 1. The molecule has 1 amide bonds. The minimum atomic E-state index is -6.34. The monoisotopic (exact) mass is 425 g/mol. The molecule has 0 spiro atoms. The zero-order chi connectivity index (χ0) is 20.5. The smallest absolute Gasteiger partial charge is 0.273 e. The number of hydrogen-bond acceptors (Lipinski definition) is 3. The Morgan fingerprint density at radius 3 is 1.67 bits per heavy atom. The Balaban J connectivity index is 1.77. The van der Waals surface area contributed by atoms with Crippen LogP contribution in [0.4, 0.5) is 30.7 Å². The maximum Gasteiger partial charge on any atom is 0.453 e. The summed E-state index contributed by atoms with van der Waals surface area (Å²) < 4.78 is 115. The highest BCUT2D eigenvalue weighted by Crippen LogP contribution is 2.60. The molecule has 4 rings (SSSR count). The standard InChI is InChI=1S/C15H18F7NO3S/c16-13(17,15(20,21)22)7-14(18,19)27(25,26)23-11(24)12-4-8-1-9(5-12)3-10(2-8)6-12/h8-10H,1-7H2,(H,23,24). The van der Waals surface area contributed by atoms with E-state index in [1.54, 1.807) is 0 Å². The summed E-state index contributed by atoms with van der Waals surface area (Å²) in [5.74, 6) is -6.65. The summed E-state index contributed by atoms with van der Waals surface area (Å²) in [6, 6.07) is 0. The lowest BCUT2D eigenvalue weighted by atomic mass is 9.49. The van der Waals surface area contributed by atoms with Crippen molar-refractivity contribution in [1.29, 1.82) is 0 Å². The molecular formula is C15H18F7NO3S. The molecule has 0 saturated heterocycles. The van der Waals surface area contributed by atoms with Crippen LogP contribution in [0.1, 0.15) is 44.9 Å². The van der Waals surface area contributed by atoms with Crippen LogP contribution in [0.2, 0.25) is 0 Å². The van der Waals surface area contributed by atoms with Crippen LogP contribution in [0.15, 0.2) is 0 Å². The molecule has 12 heteroatoms. The minimum absolute atomic E-state index is 0.166. The summed E-state index contributed by atoms with van der Waals surface area (Å²) in [7, 11) is -6.06. The normalized spacial score (nSPS) is 34.0. The third kappa shape index (κ3) is 3.53. The van der Waals surface area contributed by atoms with Crippen LogP contribution in [0, 0.1) is 23.2 Å². The average Bonchev–Trinajstić information content (AvgIpc) is 2.42. The van der Waals surface area contributed by atoms with Gasteiger partial charge in [0.05, 0.1) is 5.41 Å². The number of alkyl halides is 7. The first-order valence-electron chi connectivity index (χ1n) is 8.46. The van der Waals surface area contributed by atoms with Crippen molar-refractivity contribution in [2.24, 2.45) is 23.2 Å². The second-order valence-corrected chi connectivity index (χ2v) is 9.96. The highest BCUT2D eigenvalue weighted by atomic mass is 32.2. The lowest BCUT2D eigenvalue weighted by Crippen LogP contribution is -2.57. The molecule has 0 heterocycles. The molecule has 4 aliphatic rings. The predicted molar refractivity (Wildman–Crippen MR) is 78.2 cm³/mol. The molecule has 0 aliphatic heterocycles. The van der Waals surface area contributed by atoms with Gasteiger partial charge in [0.1, 0.15) is 6.42 Å². The van der Waals surface area contributed by atoms with Crippen molar-refractivity contribution >= 4 is 15.9 Å². The first-order valence-corrected chi connectivity index (χ1v) is 9.94. The number of halogens is 7. The third-order valence-electron chi connectivity index (χ3n) is 5.98. The third-order valence-corrected chi connectivity index (χ3v) is 7.37. The van der Waals surface area contributed by atoms with E-state index < -0.39 is 45.1 Å². The fourth-order valence-corrected chi connectivity index (χ4v) is 6.13. The van der Waals surface area contributed by atoms with Gasteiger partial charge in [-0.05, 0) is 56.3 Å². The van der Waals surface area contributed by atoms with Gasteiger partial charge in [-0.2, -0.15) is 30.7 Å². The number of carbonyl (C=O) groups excluding carboxylic acids is 1. The minimum Gasteiger partial charge on any atom is -0.273 e. The molecule has 156 valence electrons. The van der Waals surface area contributed by atoms with Gasteiger partial charge in [-0.3, -0.25) is 4.79 Å². The largest absolute Gasteiger partial charge is 0.453 e. The molecule has 4 nitrogen and oxygen atoms in total. The van der Waals surface area contributed by atoms with Gasteiger partial charge in [-0.1, -0.05) is 0 Å². The van der Waals surface area contributed by atoms with Crippen LogP contribution in [-0.4, -0.2) is 31.7 Å². The molecule has 0 radical (unpaired) electrons. The molecule has 0 unspecified atom stereocenters. The molecule has 0 aromatic heterocycles. The van der Waals surface area contributed by atoms with Crippen molar-refractivity contribution in [2.45, 2.75) is 62.3 Å². The summed E-state index contributed by atoms with van der Waals surface area (Å²) in [6.45, 7) is 0. The highest BCUT2D eigenvalue weighted by Gasteiger charge is 2.66. The number of sulfonamides is 1. The van der Waals surface area contributed by atoms with Gasteiger partial charge in [-0.25, -0.2) is 13.1 Å². The summed E-state index contributed by atoms with van der Waals surface area (Å²) in [4.78, 5) is 12.5. The Kier molecular flexibility index (Phi) is 4.56. The Morgan fingerprint density at radius 2 is 1.30 bits per heavy atom. The van der Waals surface area contributed by atoms with E-state index in [9.17, 15) is 43.9 Å². The van der Waals surface area contributed by atoms with E-state index in [4.69, 9.17) is 0 Å². The average molecular weight is 425 g/mol. The van der Waals surface area contributed by atoms with Gasteiger partial charge in [0.25, 0.3) is 0 Å². The summed E-state index contributed by atoms with van der Waals surface area (Å²) in [6.07, 6.45) is -6.09. The van der Waals surface area contributed by atoms with Crippen molar-refractivity contribution in [1.82, 2.24) is 4.72 Å². The lowest BCUT2D eigenvalue weighted by molar-refractivity contribution is -0.294. The van der Waals surface area contributed by atoms with E-state index in [-0.39, 0.29) is 17.8 Å².